The van der Waals surface area contributed by atoms with Crippen LogP contribution in [-0.4, -0.2) is 47.0 Å². The molecule has 0 bridgehead atoms. The highest BCUT2D eigenvalue weighted by molar-refractivity contribution is 5.03. The highest BCUT2D eigenvalue weighted by Crippen LogP contribution is 2.23. The van der Waals surface area contributed by atoms with Crippen molar-refractivity contribution in [3.05, 3.63) is 30.1 Å². The third-order valence-corrected chi connectivity index (χ3v) is 4.83. The van der Waals surface area contributed by atoms with Gasteiger partial charge in [0.15, 0.2) is 0 Å². The van der Waals surface area contributed by atoms with E-state index in [0.717, 1.165) is 12.6 Å². The van der Waals surface area contributed by atoms with E-state index >= 15 is 0 Å². The van der Waals surface area contributed by atoms with Gasteiger partial charge in [0.25, 0.3) is 0 Å². The summed E-state index contributed by atoms with van der Waals surface area (Å²) < 4.78 is 0. The van der Waals surface area contributed by atoms with Gasteiger partial charge in [0.1, 0.15) is 0 Å². The Bertz CT molecular complexity index is 386. The highest BCUT2D eigenvalue weighted by Gasteiger charge is 2.23. The van der Waals surface area contributed by atoms with Crippen molar-refractivity contribution in [1.29, 1.82) is 0 Å². The highest BCUT2D eigenvalue weighted by atomic mass is 15.2. The van der Waals surface area contributed by atoms with Gasteiger partial charge in [-0.3, -0.25) is 14.8 Å². The molecule has 2 fully saturated rings. The number of pyridine rings is 1. The normalized spacial score (nSPS) is 23.6. The Morgan fingerprint density at radius 3 is 2.65 bits per heavy atom. The van der Waals surface area contributed by atoms with Crippen molar-refractivity contribution in [2.45, 2.75) is 51.1 Å². The predicted octanol–water partition coefficient (Wildman–Crippen LogP) is 2.92. The van der Waals surface area contributed by atoms with Crippen LogP contribution >= 0.6 is 0 Å². The average molecular weight is 273 g/mol. The lowest BCUT2D eigenvalue weighted by Crippen LogP contribution is -2.39. The third kappa shape index (κ3) is 3.80. The maximum absolute atomic E-state index is 4.46. The lowest BCUT2D eigenvalue weighted by Gasteiger charge is -2.33. The van der Waals surface area contributed by atoms with Gasteiger partial charge in [-0.1, -0.05) is 25.3 Å². The minimum Gasteiger partial charge on any atom is -0.299 e. The molecular weight excluding hydrogens is 246 g/mol. The first-order valence-electron chi connectivity index (χ1n) is 8.28. The number of hydrogen-bond donors (Lipinski definition) is 0. The van der Waals surface area contributed by atoms with Gasteiger partial charge in [0, 0.05) is 31.9 Å². The van der Waals surface area contributed by atoms with Crippen LogP contribution < -0.4 is 0 Å². The quantitative estimate of drug-likeness (QED) is 0.844. The minimum absolute atomic E-state index is 0.874. The van der Waals surface area contributed by atoms with Crippen molar-refractivity contribution in [3.8, 4) is 0 Å². The molecule has 0 spiro atoms. The van der Waals surface area contributed by atoms with Crippen molar-refractivity contribution in [2.75, 3.05) is 26.2 Å². The van der Waals surface area contributed by atoms with Gasteiger partial charge in [-0.05, 0) is 44.5 Å². The molecule has 20 heavy (non-hydrogen) atoms. The van der Waals surface area contributed by atoms with Gasteiger partial charge >= 0.3 is 0 Å². The van der Waals surface area contributed by atoms with Crippen molar-refractivity contribution >= 4 is 0 Å². The summed E-state index contributed by atoms with van der Waals surface area (Å²) in [4.78, 5) is 9.79. The second kappa shape index (κ2) is 7.19. The van der Waals surface area contributed by atoms with Crippen LogP contribution in [0.4, 0.5) is 0 Å². The van der Waals surface area contributed by atoms with Crippen LogP contribution in [0.1, 0.15) is 44.2 Å². The molecule has 2 aliphatic rings. The Hall–Kier alpha value is -0.930. The molecule has 1 saturated heterocycles. The number of rotatable bonds is 3. The predicted molar refractivity (Wildman–Crippen MR) is 82.6 cm³/mol. The van der Waals surface area contributed by atoms with E-state index in [1.54, 1.807) is 0 Å². The molecule has 3 nitrogen and oxygen atoms in total. The Balaban J connectivity index is 1.51. The van der Waals surface area contributed by atoms with E-state index in [0.29, 0.717) is 0 Å². The first-order chi connectivity index (χ1) is 9.92. The summed E-state index contributed by atoms with van der Waals surface area (Å²) in [7, 11) is 0. The van der Waals surface area contributed by atoms with Crippen LogP contribution in [0.2, 0.25) is 0 Å². The van der Waals surface area contributed by atoms with Crippen LogP contribution in [-0.2, 0) is 6.54 Å². The summed E-state index contributed by atoms with van der Waals surface area (Å²) in [5, 5.41) is 0. The first-order valence-corrected chi connectivity index (χ1v) is 8.28. The van der Waals surface area contributed by atoms with E-state index in [1.807, 2.05) is 12.3 Å². The fourth-order valence-corrected chi connectivity index (χ4v) is 3.68. The van der Waals surface area contributed by atoms with Gasteiger partial charge in [0.2, 0.25) is 0 Å². The number of hydrogen-bond acceptors (Lipinski definition) is 3. The number of nitrogens with zero attached hydrogens (tertiary/aromatic N) is 3. The molecule has 1 aliphatic carbocycles. The summed E-state index contributed by atoms with van der Waals surface area (Å²) in [5.74, 6) is 0. The van der Waals surface area contributed by atoms with E-state index in [1.165, 1.54) is 70.4 Å². The molecule has 2 heterocycles. The second-order valence-electron chi connectivity index (χ2n) is 6.28. The van der Waals surface area contributed by atoms with Gasteiger partial charge in [0.05, 0.1) is 5.69 Å². The smallest absolute Gasteiger partial charge is 0.0543 e. The maximum atomic E-state index is 4.46. The molecule has 0 N–H and O–H groups in total. The van der Waals surface area contributed by atoms with Crippen molar-refractivity contribution in [3.63, 3.8) is 0 Å². The fourth-order valence-electron chi connectivity index (χ4n) is 3.68. The van der Waals surface area contributed by atoms with E-state index in [4.69, 9.17) is 0 Å². The zero-order chi connectivity index (χ0) is 13.6. The molecule has 1 aliphatic heterocycles. The Labute approximate surface area is 123 Å². The zero-order valence-corrected chi connectivity index (χ0v) is 12.5. The van der Waals surface area contributed by atoms with Crippen molar-refractivity contribution in [2.24, 2.45) is 0 Å². The first kappa shape index (κ1) is 14.0. The standard InChI is InChI=1S/C17H27N3/c1-2-8-17(9-3-1)20-12-6-11-19(13-14-20)15-16-7-4-5-10-18-16/h4-5,7,10,17H,1-3,6,8-9,11-15H2. The lowest BCUT2D eigenvalue weighted by atomic mass is 9.94. The van der Waals surface area contributed by atoms with Crippen molar-refractivity contribution in [1.82, 2.24) is 14.8 Å². The molecular formula is C17H27N3. The third-order valence-electron chi connectivity index (χ3n) is 4.83. The van der Waals surface area contributed by atoms with Crippen LogP contribution in [0.15, 0.2) is 24.4 Å². The zero-order valence-electron chi connectivity index (χ0n) is 12.5. The van der Waals surface area contributed by atoms with Crippen molar-refractivity contribution < 1.29 is 0 Å². The minimum atomic E-state index is 0.874. The van der Waals surface area contributed by atoms with E-state index in [2.05, 4.69) is 26.9 Å². The van der Waals surface area contributed by atoms with Crippen LogP contribution in [0, 0.1) is 0 Å². The largest absolute Gasteiger partial charge is 0.299 e. The molecule has 1 saturated carbocycles. The van der Waals surface area contributed by atoms with Gasteiger partial charge in [-0.15, -0.1) is 0 Å². The summed E-state index contributed by atoms with van der Waals surface area (Å²) in [6.45, 7) is 5.98. The van der Waals surface area contributed by atoms with Crippen LogP contribution in [0.25, 0.3) is 0 Å². The van der Waals surface area contributed by atoms with Gasteiger partial charge in [-0.25, -0.2) is 0 Å². The van der Waals surface area contributed by atoms with E-state index in [9.17, 15) is 0 Å². The topological polar surface area (TPSA) is 19.4 Å². The molecule has 0 aromatic carbocycles. The molecule has 0 unspecified atom stereocenters. The molecule has 0 atom stereocenters. The Morgan fingerprint density at radius 1 is 0.950 bits per heavy atom. The average Bonchev–Trinajstić information content (AvgIpc) is 2.75. The fraction of sp³-hybridized carbons (Fsp3) is 0.706. The lowest BCUT2D eigenvalue weighted by molar-refractivity contribution is 0.158. The SMILES string of the molecule is c1ccc(CN2CCCN(C3CCCCC3)CC2)nc1. The molecule has 0 radical (unpaired) electrons. The number of aromatic nitrogens is 1. The molecule has 3 rings (SSSR count). The summed E-state index contributed by atoms with van der Waals surface area (Å²) in [6, 6.07) is 7.10. The Morgan fingerprint density at radius 2 is 1.85 bits per heavy atom. The molecule has 110 valence electrons. The Kier molecular flexibility index (Phi) is 5.04. The summed E-state index contributed by atoms with van der Waals surface area (Å²) in [5.41, 5.74) is 1.21. The monoisotopic (exact) mass is 273 g/mol. The van der Waals surface area contributed by atoms with Gasteiger partial charge in [-0.2, -0.15) is 0 Å². The van der Waals surface area contributed by atoms with Crippen LogP contribution in [0.5, 0.6) is 0 Å². The van der Waals surface area contributed by atoms with Gasteiger partial charge < -0.3 is 0 Å². The molecule has 0 amide bonds. The summed E-state index contributed by atoms with van der Waals surface area (Å²) >= 11 is 0. The molecule has 3 heteroatoms. The second-order valence-corrected chi connectivity index (χ2v) is 6.28. The maximum Gasteiger partial charge on any atom is 0.0543 e. The van der Waals surface area contributed by atoms with Crippen LogP contribution in [0.3, 0.4) is 0 Å². The molecule has 1 aromatic heterocycles. The van der Waals surface area contributed by atoms with E-state index < -0.39 is 0 Å². The molecule has 1 aromatic rings. The van der Waals surface area contributed by atoms with E-state index in [-0.39, 0.29) is 0 Å². The summed E-state index contributed by atoms with van der Waals surface area (Å²) in [6.07, 6.45) is 10.4.